The highest BCUT2D eigenvalue weighted by atomic mass is 16.3. The van der Waals surface area contributed by atoms with Crippen LogP contribution in [0.5, 0.6) is 0 Å². The van der Waals surface area contributed by atoms with Crippen LogP contribution in [-0.2, 0) is 6.61 Å². The Balaban J connectivity index is 2.90. The predicted molar refractivity (Wildman–Crippen MR) is 65.0 cm³/mol. The monoisotopic (exact) mass is 218 g/mol. The first-order chi connectivity index (χ1) is 7.72. The topological polar surface area (TPSA) is 47.3 Å². The molecule has 0 spiro atoms. The lowest BCUT2D eigenvalue weighted by Gasteiger charge is -2.26. The van der Waals surface area contributed by atoms with Crippen LogP contribution in [0.15, 0.2) is 24.3 Å². The first-order valence-electron chi connectivity index (χ1n) is 5.56. The van der Waals surface area contributed by atoms with Gasteiger partial charge in [-0.3, -0.25) is 0 Å². The molecule has 0 saturated carbocycles. The fraction of sp³-hybridized carbons (Fsp3) is 0.462. The third-order valence-corrected chi connectivity index (χ3v) is 2.60. The van der Waals surface area contributed by atoms with Gasteiger partial charge in [-0.15, -0.1) is 0 Å². The molecule has 16 heavy (non-hydrogen) atoms. The number of aliphatic hydroxyl groups excluding tert-OH is 1. The van der Waals surface area contributed by atoms with Crippen molar-refractivity contribution < 1.29 is 5.11 Å². The summed E-state index contributed by atoms with van der Waals surface area (Å²) in [6, 6.07) is 10.00. The van der Waals surface area contributed by atoms with Crippen LogP contribution in [0.3, 0.4) is 0 Å². The van der Waals surface area contributed by atoms with Gasteiger partial charge in [0, 0.05) is 24.3 Å². The van der Waals surface area contributed by atoms with Crippen LogP contribution in [0.1, 0.15) is 19.4 Å². The van der Waals surface area contributed by atoms with Crippen LogP contribution in [0.2, 0.25) is 0 Å². The van der Waals surface area contributed by atoms with Gasteiger partial charge in [-0.05, 0) is 19.9 Å². The molecule has 1 unspecified atom stereocenters. The van der Waals surface area contributed by atoms with Gasteiger partial charge in [-0.2, -0.15) is 5.26 Å². The number of rotatable bonds is 5. The van der Waals surface area contributed by atoms with Crippen LogP contribution in [-0.4, -0.2) is 18.2 Å². The summed E-state index contributed by atoms with van der Waals surface area (Å²) >= 11 is 0. The SMILES string of the molecule is CCN(CC(C)C#N)c1ccccc1CO. The van der Waals surface area contributed by atoms with E-state index in [9.17, 15) is 5.11 Å². The molecule has 0 fully saturated rings. The second-order valence-electron chi connectivity index (χ2n) is 3.86. The van der Waals surface area contributed by atoms with Crippen LogP contribution in [0.4, 0.5) is 5.69 Å². The molecule has 0 aliphatic carbocycles. The summed E-state index contributed by atoms with van der Waals surface area (Å²) in [5, 5.41) is 18.1. The smallest absolute Gasteiger partial charge is 0.0702 e. The molecule has 1 aromatic rings. The molecule has 1 aromatic carbocycles. The predicted octanol–water partition coefficient (Wildman–Crippen LogP) is 2.16. The average Bonchev–Trinajstić information content (AvgIpc) is 2.35. The number of nitriles is 1. The van der Waals surface area contributed by atoms with Gasteiger partial charge < -0.3 is 10.0 Å². The molecule has 0 aliphatic heterocycles. The Bertz CT molecular complexity index is 370. The Morgan fingerprint density at radius 3 is 2.69 bits per heavy atom. The zero-order valence-corrected chi connectivity index (χ0v) is 9.85. The van der Waals surface area contributed by atoms with E-state index in [0.717, 1.165) is 17.8 Å². The molecular weight excluding hydrogens is 200 g/mol. The standard InChI is InChI=1S/C13H18N2O/c1-3-15(9-11(2)8-14)13-7-5-4-6-12(13)10-16/h4-7,11,16H,3,9-10H2,1-2H3. The molecule has 3 heteroatoms. The van der Waals surface area contributed by atoms with Crippen LogP contribution < -0.4 is 4.90 Å². The minimum absolute atomic E-state index is 0.00769. The van der Waals surface area contributed by atoms with E-state index < -0.39 is 0 Å². The summed E-state index contributed by atoms with van der Waals surface area (Å²) in [4.78, 5) is 2.12. The normalized spacial score (nSPS) is 11.9. The Labute approximate surface area is 96.9 Å². The second kappa shape index (κ2) is 6.14. The van der Waals surface area contributed by atoms with Gasteiger partial charge in [0.25, 0.3) is 0 Å². The average molecular weight is 218 g/mol. The van der Waals surface area contributed by atoms with Gasteiger partial charge in [0.2, 0.25) is 0 Å². The Kier molecular flexibility index (Phi) is 4.81. The highest BCUT2D eigenvalue weighted by molar-refractivity contribution is 5.53. The molecule has 0 radical (unpaired) electrons. The fourth-order valence-corrected chi connectivity index (χ4v) is 1.72. The Hall–Kier alpha value is -1.53. The van der Waals surface area contributed by atoms with Crippen molar-refractivity contribution in [1.29, 1.82) is 5.26 Å². The van der Waals surface area contributed by atoms with Crippen molar-refractivity contribution in [2.24, 2.45) is 5.92 Å². The highest BCUT2D eigenvalue weighted by Gasteiger charge is 2.11. The molecule has 0 aromatic heterocycles. The number of hydrogen-bond donors (Lipinski definition) is 1. The van der Waals surface area contributed by atoms with Crippen molar-refractivity contribution in [3.05, 3.63) is 29.8 Å². The minimum atomic E-state index is -0.00769. The maximum Gasteiger partial charge on any atom is 0.0702 e. The summed E-state index contributed by atoms with van der Waals surface area (Å²) in [5.41, 5.74) is 1.93. The number of anilines is 1. The zero-order chi connectivity index (χ0) is 12.0. The van der Waals surface area contributed by atoms with Crippen molar-refractivity contribution in [3.8, 4) is 6.07 Å². The summed E-state index contributed by atoms with van der Waals surface area (Å²) in [7, 11) is 0. The summed E-state index contributed by atoms with van der Waals surface area (Å²) in [6.07, 6.45) is 0. The van der Waals surface area contributed by atoms with E-state index in [1.807, 2.05) is 31.2 Å². The molecule has 3 nitrogen and oxygen atoms in total. The molecule has 1 N–H and O–H groups in total. The molecule has 1 atom stereocenters. The van der Waals surface area contributed by atoms with Crippen molar-refractivity contribution >= 4 is 5.69 Å². The summed E-state index contributed by atoms with van der Waals surface area (Å²) < 4.78 is 0. The van der Waals surface area contributed by atoms with Crippen molar-refractivity contribution in [2.75, 3.05) is 18.0 Å². The molecule has 0 aliphatic rings. The van der Waals surface area contributed by atoms with Gasteiger partial charge >= 0.3 is 0 Å². The molecule has 0 amide bonds. The highest BCUT2D eigenvalue weighted by Crippen LogP contribution is 2.21. The molecular formula is C13H18N2O. The third kappa shape index (κ3) is 2.98. The third-order valence-electron chi connectivity index (χ3n) is 2.60. The van der Waals surface area contributed by atoms with Crippen LogP contribution in [0, 0.1) is 17.2 Å². The number of hydrogen-bond acceptors (Lipinski definition) is 3. The lowest BCUT2D eigenvalue weighted by molar-refractivity contribution is 0.282. The van der Waals surface area contributed by atoms with Crippen molar-refractivity contribution in [2.45, 2.75) is 20.5 Å². The first kappa shape index (κ1) is 12.5. The van der Waals surface area contributed by atoms with E-state index in [1.54, 1.807) is 0 Å². The van der Waals surface area contributed by atoms with Gasteiger partial charge in [-0.25, -0.2) is 0 Å². The van der Waals surface area contributed by atoms with Crippen molar-refractivity contribution in [3.63, 3.8) is 0 Å². The van der Waals surface area contributed by atoms with Crippen molar-refractivity contribution in [1.82, 2.24) is 0 Å². The van der Waals surface area contributed by atoms with Gasteiger partial charge in [-0.1, -0.05) is 18.2 Å². The number of benzene rings is 1. The molecule has 0 heterocycles. The quantitative estimate of drug-likeness (QED) is 0.824. The largest absolute Gasteiger partial charge is 0.392 e. The Morgan fingerprint density at radius 2 is 2.12 bits per heavy atom. The van der Waals surface area contributed by atoms with E-state index in [4.69, 9.17) is 5.26 Å². The first-order valence-corrected chi connectivity index (χ1v) is 5.56. The Morgan fingerprint density at radius 1 is 1.44 bits per heavy atom. The summed E-state index contributed by atoms with van der Waals surface area (Å²) in [5.74, 6) is -0.00769. The summed E-state index contributed by atoms with van der Waals surface area (Å²) in [6.45, 7) is 5.53. The fourth-order valence-electron chi connectivity index (χ4n) is 1.72. The van der Waals surface area contributed by atoms with E-state index in [0.29, 0.717) is 6.54 Å². The van der Waals surface area contributed by atoms with Gasteiger partial charge in [0.15, 0.2) is 0 Å². The van der Waals surface area contributed by atoms with Gasteiger partial charge in [0.1, 0.15) is 0 Å². The number of aliphatic hydroxyl groups is 1. The van der Waals surface area contributed by atoms with E-state index in [2.05, 4.69) is 17.9 Å². The zero-order valence-electron chi connectivity index (χ0n) is 9.85. The van der Waals surface area contributed by atoms with E-state index >= 15 is 0 Å². The minimum Gasteiger partial charge on any atom is -0.392 e. The van der Waals surface area contributed by atoms with Crippen LogP contribution >= 0.6 is 0 Å². The van der Waals surface area contributed by atoms with E-state index in [1.165, 1.54) is 0 Å². The number of para-hydroxylation sites is 1. The molecule has 86 valence electrons. The van der Waals surface area contributed by atoms with Crippen LogP contribution in [0.25, 0.3) is 0 Å². The molecule has 0 saturated heterocycles. The maximum atomic E-state index is 9.26. The number of nitrogens with zero attached hydrogens (tertiary/aromatic N) is 2. The maximum absolute atomic E-state index is 9.26. The lowest BCUT2D eigenvalue weighted by atomic mass is 10.1. The molecule has 1 rings (SSSR count). The lowest BCUT2D eigenvalue weighted by Crippen LogP contribution is -2.28. The molecule has 0 bridgehead atoms. The van der Waals surface area contributed by atoms with E-state index in [-0.39, 0.29) is 12.5 Å². The van der Waals surface area contributed by atoms with Gasteiger partial charge in [0.05, 0.1) is 18.6 Å². The second-order valence-corrected chi connectivity index (χ2v) is 3.86.